The topological polar surface area (TPSA) is 180 Å². The highest BCUT2D eigenvalue weighted by atomic mass is 16.5. The van der Waals surface area contributed by atoms with E-state index in [4.69, 9.17) is 42.6 Å². The standard InChI is InChI=1S/C25H29NO3.C25H29NO2.2C24H27NO3.C24H27NO2/c1-14-9-16-17-10-15(2)23(29-4)12-19(17)24-20(18(16)11-22(14)28-3)13-26-8-6-5-7-21(26)25(24)27;1-15-9-18-19-10-16(2)25(28-4)13-22(19)23-14-26-8-6-5-7-17(26)11-20(23)21(18)12-24(15)27-3;1-14-8-16-18-10-22(26)24(28-3)12-19(18)17-9-15-6-4-5-7-25(15)13-21(17)20(16)11-23(14)27-2;1-14-8-16-18-10-22(26)24(28-3)12-20(18)21-13-25-7-5-4-6-15(25)9-17(21)19(16)11-23(14)27-2;1-14-8-17-18-9-15(2)24(27-3)12-21(18)22-13-25-7-5-4-6-16(25)10-19(22)20(17)11-23(14)26/h9-12,21,25,27H,5-8,13H2,1-4H3;9-10,12-13,17H,5-8,11,14H2,1-4H3;2*8,10-12,15,26H,4-7,9,13H2,1-3H3;8-9,11-12,16,26H,4-7,10,13H2,1-3H3. The molecular formula is C122H139N5O13. The van der Waals surface area contributed by atoms with E-state index in [0.29, 0.717) is 41.4 Å². The predicted molar refractivity (Wildman–Crippen MR) is 569 cm³/mol. The summed E-state index contributed by atoms with van der Waals surface area (Å²) >= 11 is 0. The summed E-state index contributed by atoms with van der Waals surface area (Å²) in [5, 5.41) is 67.6. The summed E-state index contributed by atoms with van der Waals surface area (Å²) in [6, 6.07) is 45.9. The molecule has 0 radical (unpaired) electrons. The van der Waals surface area contributed by atoms with E-state index in [9.17, 15) is 20.4 Å². The van der Waals surface area contributed by atoms with Crippen molar-refractivity contribution < 1.29 is 63.1 Å². The molecule has 0 amide bonds. The van der Waals surface area contributed by atoms with Gasteiger partial charge < -0.3 is 63.1 Å². The number of ether oxygens (including phenoxy) is 9. The Morgan fingerprint density at radius 2 is 0.414 bits per heavy atom. The fourth-order valence-corrected chi connectivity index (χ4v) is 26.7. The quantitative estimate of drug-likeness (QED) is 0.100. The van der Waals surface area contributed by atoms with Gasteiger partial charge in [-0.1, -0.05) is 32.1 Å². The van der Waals surface area contributed by atoms with Gasteiger partial charge in [0, 0.05) is 62.9 Å². The molecule has 15 aromatic rings. The molecule has 18 nitrogen and oxygen atoms in total. The number of hydrogen-bond donors (Lipinski definition) is 4. The molecule has 25 rings (SSSR count). The molecule has 10 heterocycles. The van der Waals surface area contributed by atoms with Crippen LogP contribution in [0.25, 0.3) is 108 Å². The third-order valence-electron chi connectivity index (χ3n) is 34.1. The van der Waals surface area contributed by atoms with Gasteiger partial charge in [0.1, 0.15) is 46.0 Å². The first-order valence-corrected chi connectivity index (χ1v) is 51.4. The first kappa shape index (κ1) is 94.5. The molecule has 140 heavy (non-hydrogen) atoms. The molecule has 6 atom stereocenters. The Hall–Kier alpha value is -11.7. The molecule has 10 aliphatic heterocycles. The Labute approximate surface area is 823 Å². The van der Waals surface area contributed by atoms with Crippen molar-refractivity contribution in [2.24, 2.45) is 0 Å². The Morgan fingerprint density at radius 3 is 0.700 bits per heavy atom. The van der Waals surface area contributed by atoms with E-state index in [1.807, 2.05) is 37.3 Å². The summed E-state index contributed by atoms with van der Waals surface area (Å²) in [4.78, 5) is 13.1. The first-order valence-electron chi connectivity index (χ1n) is 51.4. The average molecular weight is 1880 g/mol. The van der Waals surface area contributed by atoms with Gasteiger partial charge in [0.25, 0.3) is 0 Å². The molecule has 18 heteroatoms. The van der Waals surface area contributed by atoms with Crippen molar-refractivity contribution in [2.75, 3.05) is 96.7 Å². The average Bonchev–Trinajstić information content (AvgIpc) is 0.714. The van der Waals surface area contributed by atoms with E-state index in [-0.39, 0.29) is 17.5 Å². The molecule has 15 aromatic carbocycles. The van der Waals surface area contributed by atoms with Crippen molar-refractivity contribution in [3.05, 3.63) is 221 Å². The number of methoxy groups -OCH3 is 9. The van der Waals surface area contributed by atoms with Crippen molar-refractivity contribution in [2.45, 2.75) is 246 Å². The lowest BCUT2D eigenvalue weighted by atomic mass is 9.80. The third kappa shape index (κ3) is 16.6. The van der Waals surface area contributed by atoms with Crippen LogP contribution in [0.3, 0.4) is 0 Å². The second-order valence-corrected chi connectivity index (χ2v) is 41.9. The van der Waals surface area contributed by atoms with Gasteiger partial charge in [-0.15, -0.1) is 0 Å². The van der Waals surface area contributed by atoms with Crippen LogP contribution in [0.1, 0.15) is 203 Å². The highest BCUT2D eigenvalue weighted by Gasteiger charge is 2.41. The van der Waals surface area contributed by atoms with E-state index < -0.39 is 6.10 Å². The second kappa shape index (κ2) is 38.6. The summed E-state index contributed by atoms with van der Waals surface area (Å²) < 4.78 is 50.5. The smallest absolute Gasteiger partial charge is 0.161 e. The van der Waals surface area contributed by atoms with Crippen LogP contribution in [0.4, 0.5) is 0 Å². The highest BCUT2D eigenvalue weighted by molar-refractivity contribution is 6.17. The molecule has 0 bridgehead atoms. The summed E-state index contributed by atoms with van der Waals surface area (Å²) in [5.74, 6) is 8.44. The van der Waals surface area contributed by atoms with E-state index in [2.05, 4.69) is 164 Å². The van der Waals surface area contributed by atoms with Crippen LogP contribution < -0.4 is 42.6 Å². The van der Waals surface area contributed by atoms with E-state index in [0.717, 1.165) is 167 Å². The molecule has 5 saturated heterocycles. The molecule has 0 spiro atoms. The Morgan fingerprint density at radius 1 is 0.207 bits per heavy atom. The summed E-state index contributed by atoms with van der Waals surface area (Å²) in [7, 11) is 15.5. The number of aliphatic hydroxyl groups is 1. The number of hydrogen-bond acceptors (Lipinski definition) is 18. The molecule has 10 aliphatic rings. The maximum Gasteiger partial charge on any atom is 0.161 e. The van der Waals surface area contributed by atoms with Crippen LogP contribution >= 0.6 is 0 Å². The fourth-order valence-electron chi connectivity index (χ4n) is 26.7. The summed E-state index contributed by atoms with van der Waals surface area (Å²) in [6.07, 6.45) is 23.0. The van der Waals surface area contributed by atoms with Crippen molar-refractivity contribution in [3.63, 3.8) is 0 Å². The normalized spacial score (nSPS) is 20.0. The zero-order valence-electron chi connectivity index (χ0n) is 85.2. The molecular weight excluding hydrogens is 1740 g/mol. The number of aromatic hydroxyl groups is 3. The summed E-state index contributed by atoms with van der Waals surface area (Å²) in [6.45, 7) is 27.4. The Kier molecular flexibility index (Phi) is 26.1. The first-order chi connectivity index (χ1) is 67.9. The predicted octanol–water partition coefficient (Wildman–Crippen LogP) is 25.7. The maximum absolute atomic E-state index is 11.5. The molecule has 730 valence electrons. The van der Waals surface area contributed by atoms with E-state index in [1.165, 1.54) is 269 Å². The number of aliphatic hydroxyl groups excluding tert-OH is 1. The maximum atomic E-state index is 11.5. The molecule has 0 aliphatic carbocycles. The van der Waals surface area contributed by atoms with Crippen LogP contribution in [-0.2, 0) is 58.4 Å². The van der Waals surface area contributed by atoms with Crippen LogP contribution in [0, 0.1) is 55.4 Å². The van der Waals surface area contributed by atoms with Gasteiger partial charge in [0.15, 0.2) is 23.0 Å². The van der Waals surface area contributed by atoms with Gasteiger partial charge in [0.05, 0.1) is 70.1 Å². The number of nitrogens with zero attached hydrogens (tertiary/aromatic N) is 5. The van der Waals surface area contributed by atoms with Crippen molar-refractivity contribution in [3.8, 4) is 69.0 Å². The van der Waals surface area contributed by atoms with E-state index >= 15 is 0 Å². The fraction of sp³-hybridized carbons (Fsp3) is 0.426. The number of fused-ring (bicyclic) bond motifs is 35. The van der Waals surface area contributed by atoms with Gasteiger partial charge in [-0.3, -0.25) is 24.5 Å². The largest absolute Gasteiger partial charge is 0.508 e. The number of phenols is 3. The van der Waals surface area contributed by atoms with Gasteiger partial charge in [-0.05, 0) is 507 Å². The zero-order chi connectivity index (χ0) is 97.2. The molecule has 0 aromatic heterocycles. The van der Waals surface area contributed by atoms with Crippen molar-refractivity contribution in [1.82, 2.24) is 24.5 Å². The molecule has 0 saturated carbocycles. The van der Waals surface area contributed by atoms with Crippen LogP contribution in [0.15, 0.2) is 121 Å². The lowest BCUT2D eigenvalue weighted by Gasteiger charge is -2.44. The van der Waals surface area contributed by atoms with Gasteiger partial charge >= 0.3 is 0 Å². The van der Waals surface area contributed by atoms with E-state index in [1.54, 1.807) is 64.0 Å². The SMILES string of the molecule is COc1cc2c3c(c4cc(O)c(C)cc4c2cc1C)CC1CCCCN1C3.COc1cc2c3c(c4cc(OC)c(C)cc4c2cc1C)C(O)C1CCCCN1C3.COc1cc2c3c(c4cc(OC)c(C)cc4c2cc1C)CN1CCCCC1C3.COc1cc2c3c(c4cc(OC)c(O)cc4c2cc1C)CC1CCCCN1C3.COc1cc2c3c(c4cc(OC)c(O)cc4c2cc1C)CN1CCCCC1C3. The minimum atomic E-state index is -0.481. The molecule has 5 fully saturated rings. The number of piperidine rings is 5. The van der Waals surface area contributed by atoms with Crippen molar-refractivity contribution in [1.29, 1.82) is 0 Å². The minimum Gasteiger partial charge on any atom is -0.508 e. The molecule has 6 unspecified atom stereocenters. The lowest BCUT2D eigenvalue weighted by molar-refractivity contribution is 0.00754. The van der Waals surface area contributed by atoms with Gasteiger partial charge in [-0.2, -0.15) is 0 Å². The second-order valence-electron chi connectivity index (χ2n) is 41.9. The van der Waals surface area contributed by atoms with Crippen LogP contribution in [-0.4, -0.2) is 172 Å². The number of phenolic OH excluding ortho intramolecular Hbond substituents is 3. The lowest BCUT2D eigenvalue weighted by Crippen LogP contribution is -2.46. The Balaban J connectivity index is 0.000000104. The third-order valence-corrected chi connectivity index (χ3v) is 34.1. The number of aryl methyl sites for hydroxylation is 8. The number of rotatable bonds is 9. The number of benzene rings is 15. The van der Waals surface area contributed by atoms with Crippen LogP contribution in [0.5, 0.6) is 69.0 Å². The Bertz CT molecular complexity index is 6810. The van der Waals surface area contributed by atoms with Crippen LogP contribution in [0.2, 0.25) is 0 Å². The summed E-state index contributed by atoms with van der Waals surface area (Å²) in [5.41, 5.74) is 22.8. The highest BCUT2D eigenvalue weighted by Crippen LogP contribution is 2.53. The van der Waals surface area contributed by atoms with Gasteiger partial charge in [0.2, 0.25) is 0 Å². The zero-order valence-corrected chi connectivity index (χ0v) is 85.2. The minimum absolute atomic E-state index is 0.191. The monoisotopic (exact) mass is 1880 g/mol. The van der Waals surface area contributed by atoms with Crippen molar-refractivity contribution >= 4 is 108 Å². The molecule has 4 N–H and O–H groups in total. The van der Waals surface area contributed by atoms with Gasteiger partial charge in [-0.25, -0.2) is 0 Å².